The van der Waals surface area contributed by atoms with Gasteiger partial charge in [0.05, 0.1) is 5.41 Å². The van der Waals surface area contributed by atoms with Crippen LogP contribution >= 0.6 is 0 Å². The van der Waals surface area contributed by atoms with Gasteiger partial charge in [0.15, 0.2) is 0 Å². The molecule has 122 valence electrons. The lowest BCUT2D eigenvalue weighted by molar-refractivity contribution is -0.167. The Morgan fingerprint density at radius 2 is 1.82 bits per heavy atom. The van der Waals surface area contributed by atoms with Crippen LogP contribution in [0.2, 0.25) is 0 Å². The highest BCUT2D eigenvalue weighted by Gasteiger charge is 2.37. The minimum atomic E-state index is -0.863. The van der Waals surface area contributed by atoms with Crippen molar-refractivity contribution in [2.75, 3.05) is 6.54 Å². The van der Waals surface area contributed by atoms with Crippen molar-refractivity contribution in [2.24, 2.45) is 5.41 Å². The fraction of sp³-hybridized carbons (Fsp3) is 0.556. The average Bonchev–Trinajstić information content (AvgIpc) is 2.44. The lowest BCUT2D eigenvalue weighted by Crippen LogP contribution is -2.43. The smallest absolute Gasteiger partial charge is 0.314 e. The first kappa shape index (κ1) is 18.4. The average molecular weight is 305 g/mol. The van der Waals surface area contributed by atoms with Gasteiger partial charge in [-0.1, -0.05) is 30.3 Å². The molecule has 4 nitrogen and oxygen atoms in total. The van der Waals surface area contributed by atoms with Gasteiger partial charge in [0, 0.05) is 19.0 Å². The molecule has 0 fully saturated rings. The van der Waals surface area contributed by atoms with Gasteiger partial charge in [-0.15, -0.1) is 0 Å². The zero-order valence-corrected chi connectivity index (χ0v) is 14.2. The molecule has 0 heterocycles. The summed E-state index contributed by atoms with van der Waals surface area (Å²) in [4.78, 5) is 23.4. The van der Waals surface area contributed by atoms with Crippen molar-refractivity contribution >= 4 is 12.3 Å². The number of hydrogen-bond acceptors (Lipinski definition) is 4. The standard InChI is InChI=1S/C18H27NO3/c1-14(15-9-7-6-8-10-15)19-13-18(5,11-12-20)16(21)22-17(2,3)4/h6-10,12,14,19H,11,13H2,1-5H3/t14-,18+/m1/s1. The molecule has 0 aliphatic carbocycles. The fourth-order valence-electron chi connectivity index (χ4n) is 2.05. The van der Waals surface area contributed by atoms with Gasteiger partial charge in [-0.2, -0.15) is 0 Å². The molecule has 0 aliphatic heterocycles. The number of benzene rings is 1. The maximum atomic E-state index is 12.4. The van der Waals surface area contributed by atoms with E-state index >= 15 is 0 Å². The molecular weight excluding hydrogens is 278 g/mol. The van der Waals surface area contributed by atoms with Gasteiger partial charge >= 0.3 is 5.97 Å². The lowest BCUT2D eigenvalue weighted by Gasteiger charge is -2.31. The first-order chi connectivity index (χ1) is 10.2. The van der Waals surface area contributed by atoms with Gasteiger partial charge in [-0.25, -0.2) is 0 Å². The molecule has 1 N–H and O–H groups in total. The molecule has 0 radical (unpaired) electrons. The maximum Gasteiger partial charge on any atom is 0.314 e. The van der Waals surface area contributed by atoms with Crippen molar-refractivity contribution in [3.63, 3.8) is 0 Å². The Hall–Kier alpha value is -1.68. The molecule has 0 aliphatic rings. The second kappa shape index (κ2) is 7.54. The van der Waals surface area contributed by atoms with Crippen LogP contribution in [0.5, 0.6) is 0 Å². The molecule has 0 unspecified atom stereocenters. The SMILES string of the molecule is C[C@@H](NC[C@](C)(CC=O)C(=O)OC(C)(C)C)c1ccccc1. The molecule has 0 aromatic heterocycles. The number of aldehydes is 1. The highest BCUT2D eigenvalue weighted by molar-refractivity contribution is 5.80. The summed E-state index contributed by atoms with van der Waals surface area (Å²) in [5.41, 5.74) is -0.287. The fourth-order valence-corrected chi connectivity index (χ4v) is 2.05. The van der Waals surface area contributed by atoms with Crippen LogP contribution in [0.3, 0.4) is 0 Å². The molecule has 0 amide bonds. The molecular formula is C18H27NO3. The maximum absolute atomic E-state index is 12.4. The van der Waals surface area contributed by atoms with Crippen LogP contribution < -0.4 is 5.32 Å². The van der Waals surface area contributed by atoms with Gasteiger partial charge in [-0.3, -0.25) is 4.79 Å². The van der Waals surface area contributed by atoms with Crippen LogP contribution in [-0.4, -0.2) is 24.4 Å². The van der Waals surface area contributed by atoms with Gasteiger partial charge in [-0.05, 0) is 40.2 Å². The van der Waals surface area contributed by atoms with Crippen molar-refractivity contribution < 1.29 is 14.3 Å². The van der Waals surface area contributed by atoms with Crippen LogP contribution in [0.4, 0.5) is 0 Å². The molecule has 0 saturated carbocycles. The monoisotopic (exact) mass is 305 g/mol. The van der Waals surface area contributed by atoms with E-state index in [9.17, 15) is 9.59 Å². The highest BCUT2D eigenvalue weighted by atomic mass is 16.6. The molecule has 4 heteroatoms. The topological polar surface area (TPSA) is 55.4 Å². The number of nitrogens with one attached hydrogen (secondary N) is 1. The van der Waals surface area contributed by atoms with Crippen molar-refractivity contribution in [3.05, 3.63) is 35.9 Å². The van der Waals surface area contributed by atoms with Crippen LogP contribution in [0, 0.1) is 5.41 Å². The number of carbonyl (C=O) groups is 2. The Morgan fingerprint density at radius 3 is 2.32 bits per heavy atom. The summed E-state index contributed by atoms with van der Waals surface area (Å²) in [5, 5.41) is 3.33. The van der Waals surface area contributed by atoms with Crippen LogP contribution in [-0.2, 0) is 14.3 Å². The summed E-state index contributed by atoms with van der Waals surface area (Å²) in [5.74, 6) is -0.347. The minimum absolute atomic E-state index is 0.0922. The first-order valence-electron chi connectivity index (χ1n) is 7.63. The van der Waals surface area contributed by atoms with E-state index in [2.05, 4.69) is 5.32 Å². The van der Waals surface area contributed by atoms with Crippen LogP contribution in [0.1, 0.15) is 52.6 Å². The largest absolute Gasteiger partial charge is 0.460 e. The van der Waals surface area contributed by atoms with Crippen molar-refractivity contribution in [3.8, 4) is 0 Å². The first-order valence-corrected chi connectivity index (χ1v) is 7.63. The molecule has 1 aromatic carbocycles. The van der Waals surface area contributed by atoms with Gasteiger partial charge in [0.2, 0.25) is 0 Å². The quantitative estimate of drug-likeness (QED) is 0.620. The van der Waals surface area contributed by atoms with E-state index in [1.54, 1.807) is 6.92 Å². The Bertz CT molecular complexity index is 493. The number of ether oxygens (including phenoxy) is 1. The molecule has 0 bridgehead atoms. The second-order valence-corrected chi connectivity index (χ2v) is 6.95. The van der Waals surface area contributed by atoms with E-state index < -0.39 is 11.0 Å². The molecule has 2 atom stereocenters. The Kier molecular flexibility index (Phi) is 6.30. The number of hydrogen-bond donors (Lipinski definition) is 1. The highest BCUT2D eigenvalue weighted by Crippen LogP contribution is 2.26. The number of carbonyl (C=O) groups excluding carboxylic acids is 2. The second-order valence-electron chi connectivity index (χ2n) is 6.95. The van der Waals surface area contributed by atoms with E-state index in [1.807, 2.05) is 58.0 Å². The summed E-state index contributed by atoms with van der Waals surface area (Å²) in [6.45, 7) is 9.66. The van der Waals surface area contributed by atoms with E-state index in [0.29, 0.717) is 6.54 Å². The van der Waals surface area contributed by atoms with E-state index in [1.165, 1.54) is 0 Å². The van der Waals surface area contributed by atoms with E-state index in [-0.39, 0.29) is 18.4 Å². The normalized spacial score (nSPS) is 15.7. The van der Waals surface area contributed by atoms with Crippen molar-refractivity contribution in [1.29, 1.82) is 0 Å². The third kappa shape index (κ3) is 5.60. The Balaban J connectivity index is 2.74. The van der Waals surface area contributed by atoms with Gasteiger partial charge < -0.3 is 14.8 Å². The molecule has 0 spiro atoms. The third-order valence-electron chi connectivity index (χ3n) is 3.52. The molecule has 22 heavy (non-hydrogen) atoms. The van der Waals surface area contributed by atoms with Crippen molar-refractivity contribution in [2.45, 2.75) is 52.7 Å². The number of esters is 1. The zero-order chi connectivity index (χ0) is 16.8. The van der Waals surface area contributed by atoms with Gasteiger partial charge in [0.25, 0.3) is 0 Å². The Morgan fingerprint density at radius 1 is 1.23 bits per heavy atom. The molecule has 1 aromatic rings. The summed E-state index contributed by atoms with van der Waals surface area (Å²) < 4.78 is 5.46. The summed E-state index contributed by atoms with van der Waals surface area (Å²) >= 11 is 0. The van der Waals surface area contributed by atoms with Crippen molar-refractivity contribution in [1.82, 2.24) is 5.32 Å². The van der Waals surface area contributed by atoms with Crippen LogP contribution in [0.25, 0.3) is 0 Å². The van der Waals surface area contributed by atoms with E-state index in [0.717, 1.165) is 11.8 Å². The summed E-state index contributed by atoms with van der Waals surface area (Å²) in [6.07, 6.45) is 0.912. The lowest BCUT2D eigenvalue weighted by atomic mass is 9.86. The molecule has 1 rings (SSSR count). The van der Waals surface area contributed by atoms with Crippen LogP contribution in [0.15, 0.2) is 30.3 Å². The predicted octanol–water partition coefficient (Wildman–Crippen LogP) is 3.27. The van der Waals surface area contributed by atoms with E-state index in [4.69, 9.17) is 4.74 Å². The van der Waals surface area contributed by atoms with Gasteiger partial charge in [0.1, 0.15) is 11.9 Å². The minimum Gasteiger partial charge on any atom is -0.460 e. The predicted molar refractivity (Wildman–Crippen MR) is 87.5 cm³/mol. The summed E-state index contributed by atoms with van der Waals surface area (Å²) in [6, 6.07) is 10.1. The summed E-state index contributed by atoms with van der Waals surface area (Å²) in [7, 11) is 0. The third-order valence-corrected chi connectivity index (χ3v) is 3.52. The number of rotatable bonds is 7. The molecule has 0 saturated heterocycles. The zero-order valence-electron chi connectivity index (χ0n) is 14.2. The Labute approximate surface area is 133 Å².